The average molecular weight is 362 g/mol. The van der Waals surface area contributed by atoms with Crippen LogP contribution in [0.1, 0.15) is 12.8 Å². The van der Waals surface area contributed by atoms with Gasteiger partial charge >= 0.3 is 5.97 Å². The minimum Gasteiger partial charge on any atom is -0.480 e. The number of piperidine rings is 1. The first-order valence-electron chi connectivity index (χ1n) is 8.66. The van der Waals surface area contributed by atoms with Crippen molar-refractivity contribution >= 4 is 23.3 Å². The summed E-state index contributed by atoms with van der Waals surface area (Å²) in [6.07, 6.45) is 1.04. The fourth-order valence-electron chi connectivity index (χ4n) is 3.33. The van der Waals surface area contributed by atoms with Gasteiger partial charge in [0.2, 0.25) is 5.91 Å². The number of hydrogen-bond donors (Lipinski definition) is 3. The van der Waals surface area contributed by atoms with E-state index in [9.17, 15) is 14.0 Å². The average Bonchev–Trinajstić information content (AvgIpc) is 2.58. The van der Waals surface area contributed by atoms with Gasteiger partial charge in [-0.2, -0.15) is 0 Å². The van der Waals surface area contributed by atoms with Crippen LogP contribution in [-0.2, 0) is 9.59 Å². The Morgan fingerprint density at radius 2 is 2.08 bits per heavy atom. The molecule has 0 spiro atoms. The van der Waals surface area contributed by atoms with Crippen molar-refractivity contribution in [3.05, 3.63) is 36.3 Å². The lowest BCUT2D eigenvalue weighted by Gasteiger charge is -2.35. The molecule has 2 aliphatic heterocycles. The van der Waals surface area contributed by atoms with Gasteiger partial charge in [0.05, 0.1) is 18.3 Å². The first-order chi connectivity index (χ1) is 12.4. The molecule has 8 heteroatoms. The zero-order valence-electron chi connectivity index (χ0n) is 14.5. The molecule has 2 fully saturated rings. The summed E-state index contributed by atoms with van der Waals surface area (Å²) in [5.41, 5.74) is 1.75. The predicted molar refractivity (Wildman–Crippen MR) is 96.6 cm³/mol. The van der Waals surface area contributed by atoms with Gasteiger partial charge in [0.25, 0.3) is 0 Å². The number of aliphatic carboxylic acids is 1. The fraction of sp³-hybridized carbons (Fsp3) is 0.444. The van der Waals surface area contributed by atoms with Gasteiger partial charge in [-0.25, -0.2) is 4.39 Å². The van der Waals surface area contributed by atoms with Crippen LogP contribution in [0, 0.1) is 5.82 Å². The van der Waals surface area contributed by atoms with Gasteiger partial charge in [-0.1, -0.05) is 6.58 Å². The molecule has 7 nitrogen and oxygen atoms in total. The van der Waals surface area contributed by atoms with Crippen molar-refractivity contribution in [3.63, 3.8) is 0 Å². The van der Waals surface area contributed by atoms with Gasteiger partial charge in [0.1, 0.15) is 5.82 Å². The van der Waals surface area contributed by atoms with E-state index in [1.54, 1.807) is 6.07 Å². The van der Waals surface area contributed by atoms with Crippen LogP contribution in [0.2, 0.25) is 0 Å². The predicted octanol–water partition coefficient (Wildman–Crippen LogP) is 1.24. The van der Waals surface area contributed by atoms with Crippen LogP contribution in [0.3, 0.4) is 0 Å². The molecule has 2 aliphatic rings. The Morgan fingerprint density at radius 1 is 1.35 bits per heavy atom. The van der Waals surface area contributed by atoms with E-state index >= 15 is 0 Å². The number of amides is 1. The van der Waals surface area contributed by atoms with Crippen molar-refractivity contribution in [1.29, 1.82) is 0 Å². The van der Waals surface area contributed by atoms with Crippen molar-refractivity contribution in [2.75, 3.05) is 42.9 Å². The largest absolute Gasteiger partial charge is 0.480 e. The molecule has 1 atom stereocenters. The summed E-state index contributed by atoms with van der Waals surface area (Å²) in [7, 11) is 0. The van der Waals surface area contributed by atoms with E-state index in [1.165, 1.54) is 6.07 Å². The minimum absolute atomic E-state index is 0.0149. The molecule has 140 valence electrons. The van der Waals surface area contributed by atoms with E-state index in [0.717, 1.165) is 0 Å². The van der Waals surface area contributed by atoms with Crippen LogP contribution in [0.15, 0.2) is 30.5 Å². The van der Waals surface area contributed by atoms with E-state index in [4.69, 9.17) is 5.11 Å². The maximum Gasteiger partial charge on any atom is 0.317 e. The molecule has 0 aliphatic carbocycles. The number of carbonyl (C=O) groups is 2. The van der Waals surface area contributed by atoms with Gasteiger partial charge in [0, 0.05) is 44.0 Å². The summed E-state index contributed by atoms with van der Waals surface area (Å²) < 4.78 is 14.6. The maximum atomic E-state index is 14.6. The highest BCUT2D eigenvalue weighted by atomic mass is 19.1. The highest BCUT2D eigenvalue weighted by Gasteiger charge is 2.23. The highest BCUT2D eigenvalue weighted by Crippen LogP contribution is 2.26. The number of anilines is 2. The van der Waals surface area contributed by atoms with E-state index in [2.05, 4.69) is 17.2 Å². The second-order valence-corrected chi connectivity index (χ2v) is 6.63. The fourth-order valence-corrected chi connectivity index (χ4v) is 3.33. The second kappa shape index (κ2) is 7.74. The molecule has 0 bridgehead atoms. The topological polar surface area (TPSA) is 84.9 Å². The molecule has 1 amide bonds. The van der Waals surface area contributed by atoms with E-state index < -0.39 is 5.97 Å². The van der Waals surface area contributed by atoms with Gasteiger partial charge in [0.15, 0.2) is 0 Å². The Labute approximate surface area is 151 Å². The monoisotopic (exact) mass is 362 g/mol. The third-order valence-electron chi connectivity index (χ3n) is 4.74. The first-order valence-corrected chi connectivity index (χ1v) is 8.66. The Bertz CT molecular complexity index is 716. The highest BCUT2D eigenvalue weighted by molar-refractivity contribution is 5.79. The molecule has 26 heavy (non-hydrogen) atoms. The Balaban J connectivity index is 1.60. The van der Waals surface area contributed by atoms with Crippen LogP contribution >= 0.6 is 0 Å². The summed E-state index contributed by atoms with van der Waals surface area (Å²) in [6, 6.07) is 4.88. The molecule has 2 heterocycles. The normalized spacial score (nSPS) is 21.4. The number of benzene rings is 1. The quantitative estimate of drug-likeness (QED) is 0.731. The van der Waals surface area contributed by atoms with E-state index in [-0.39, 0.29) is 24.3 Å². The van der Waals surface area contributed by atoms with Crippen molar-refractivity contribution in [3.8, 4) is 0 Å². The number of halogens is 1. The lowest BCUT2D eigenvalue weighted by atomic mass is 10.0. The van der Waals surface area contributed by atoms with Crippen molar-refractivity contribution < 1.29 is 19.1 Å². The van der Waals surface area contributed by atoms with Crippen LogP contribution in [0.25, 0.3) is 0 Å². The third kappa shape index (κ3) is 4.32. The second-order valence-electron chi connectivity index (χ2n) is 6.63. The van der Waals surface area contributed by atoms with E-state index in [1.807, 2.05) is 15.9 Å². The number of hydrogen-bond acceptors (Lipinski definition) is 5. The summed E-state index contributed by atoms with van der Waals surface area (Å²) in [6.45, 7) is 6.21. The summed E-state index contributed by atoms with van der Waals surface area (Å²) in [5, 5.41) is 14.7. The Kier molecular flexibility index (Phi) is 5.41. The van der Waals surface area contributed by atoms with Gasteiger partial charge in [-0.15, -0.1) is 0 Å². The third-order valence-corrected chi connectivity index (χ3v) is 4.74. The molecule has 1 aromatic carbocycles. The molecule has 2 saturated heterocycles. The number of rotatable bonds is 5. The lowest BCUT2D eigenvalue weighted by molar-refractivity contribution is -0.138. The molecular weight excluding hydrogens is 339 g/mol. The van der Waals surface area contributed by atoms with Crippen LogP contribution in [0.4, 0.5) is 15.8 Å². The minimum atomic E-state index is -0.847. The number of nitrogens with one attached hydrogen (secondary N) is 2. The Morgan fingerprint density at radius 3 is 2.69 bits per heavy atom. The smallest absolute Gasteiger partial charge is 0.317 e. The molecule has 0 radical (unpaired) electrons. The Hall–Kier alpha value is -2.61. The van der Waals surface area contributed by atoms with Crippen molar-refractivity contribution in [2.45, 2.75) is 18.9 Å². The number of nitrogens with zero attached hydrogens (tertiary/aromatic N) is 2. The molecule has 1 aromatic rings. The molecule has 1 unspecified atom stereocenters. The van der Waals surface area contributed by atoms with Crippen LogP contribution < -0.4 is 15.5 Å². The molecule has 3 N–H and O–H groups in total. The standard InChI is InChI=1S/C18H23FN4O3/c1-12-15(3-5-17(24)20-12)21-13-2-4-16(14(19)10-13)23-8-6-22(7-9-23)11-18(25)26/h2,4,10,15,21H,1,3,5-9,11H2,(H,20,24)(H,25,26). The van der Waals surface area contributed by atoms with Gasteiger partial charge in [-0.05, 0) is 24.6 Å². The first kappa shape index (κ1) is 18.2. The van der Waals surface area contributed by atoms with Crippen molar-refractivity contribution in [1.82, 2.24) is 10.2 Å². The summed E-state index contributed by atoms with van der Waals surface area (Å²) in [4.78, 5) is 25.9. The number of piperazine rings is 1. The lowest BCUT2D eigenvalue weighted by Crippen LogP contribution is -2.48. The number of carboxylic acid groups (broad SMARTS) is 1. The van der Waals surface area contributed by atoms with E-state index in [0.29, 0.717) is 56.1 Å². The molecule has 3 rings (SSSR count). The maximum absolute atomic E-state index is 14.6. The number of carbonyl (C=O) groups excluding carboxylic acids is 1. The molecule has 0 aromatic heterocycles. The summed E-state index contributed by atoms with van der Waals surface area (Å²) >= 11 is 0. The zero-order chi connectivity index (χ0) is 18.7. The summed E-state index contributed by atoms with van der Waals surface area (Å²) in [5.74, 6) is -1.22. The van der Waals surface area contributed by atoms with Gasteiger partial charge < -0.3 is 20.6 Å². The molecule has 0 saturated carbocycles. The van der Waals surface area contributed by atoms with Gasteiger partial charge in [-0.3, -0.25) is 14.5 Å². The molecular formula is C18H23FN4O3. The zero-order valence-corrected chi connectivity index (χ0v) is 14.5. The van der Waals surface area contributed by atoms with Crippen LogP contribution in [-0.4, -0.2) is 60.6 Å². The van der Waals surface area contributed by atoms with Crippen molar-refractivity contribution in [2.24, 2.45) is 0 Å². The SMILES string of the molecule is C=C1NC(=O)CCC1Nc1ccc(N2CCN(CC(=O)O)CC2)c(F)c1. The van der Waals surface area contributed by atoms with Crippen LogP contribution in [0.5, 0.6) is 0 Å². The number of carboxylic acids is 1.